The summed E-state index contributed by atoms with van der Waals surface area (Å²) in [7, 11) is 0. The summed E-state index contributed by atoms with van der Waals surface area (Å²) in [6.45, 7) is 1.67. The average Bonchev–Trinajstić information content (AvgIpc) is 2.93. The van der Waals surface area contributed by atoms with Crippen LogP contribution in [0.3, 0.4) is 0 Å². The highest BCUT2D eigenvalue weighted by Gasteiger charge is 2.42. The zero-order valence-corrected chi connectivity index (χ0v) is 11.4. The summed E-state index contributed by atoms with van der Waals surface area (Å²) < 4.78 is 10.9. The van der Waals surface area contributed by atoms with Crippen molar-refractivity contribution >= 4 is 11.6 Å². The van der Waals surface area contributed by atoms with Crippen molar-refractivity contribution in [3.05, 3.63) is 29.8 Å². The van der Waals surface area contributed by atoms with E-state index in [0.29, 0.717) is 19.8 Å². The molecular formula is C15H20N2O3. The van der Waals surface area contributed by atoms with Gasteiger partial charge in [0.05, 0.1) is 18.6 Å². The lowest BCUT2D eigenvalue weighted by atomic mass is 9.68. The van der Waals surface area contributed by atoms with Crippen molar-refractivity contribution < 1.29 is 14.3 Å². The van der Waals surface area contributed by atoms with Crippen LogP contribution in [-0.2, 0) is 14.3 Å². The van der Waals surface area contributed by atoms with Gasteiger partial charge in [-0.1, -0.05) is 18.6 Å². The quantitative estimate of drug-likeness (QED) is 0.879. The van der Waals surface area contributed by atoms with Gasteiger partial charge < -0.3 is 20.5 Å². The number of benzene rings is 1. The van der Waals surface area contributed by atoms with Gasteiger partial charge in [0.15, 0.2) is 6.29 Å². The lowest BCUT2D eigenvalue weighted by molar-refractivity contribution is -0.129. The molecule has 1 aromatic rings. The second kappa shape index (κ2) is 5.52. The van der Waals surface area contributed by atoms with Gasteiger partial charge in [-0.2, -0.15) is 0 Å². The summed E-state index contributed by atoms with van der Waals surface area (Å²) in [6, 6.07) is 7.59. The summed E-state index contributed by atoms with van der Waals surface area (Å²) >= 11 is 0. The first-order valence-electron chi connectivity index (χ1n) is 7.08. The molecule has 0 radical (unpaired) electrons. The number of hydrogen-bond donors (Lipinski definition) is 2. The van der Waals surface area contributed by atoms with Gasteiger partial charge in [0.25, 0.3) is 0 Å². The standard InChI is InChI=1S/C15H20N2O3/c16-10-15(6-1-7-15)14(18)17-12-4-2-11(3-5-12)13-19-8-9-20-13/h2-5,13H,1,6-10,16H2,(H,17,18). The summed E-state index contributed by atoms with van der Waals surface area (Å²) in [4.78, 5) is 12.2. The van der Waals surface area contributed by atoms with Gasteiger partial charge in [-0.15, -0.1) is 0 Å². The number of amides is 1. The van der Waals surface area contributed by atoms with Gasteiger partial charge in [0.2, 0.25) is 5.91 Å². The summed E-state index contributed by atoms with van der Waals surface area (Å²) in [5, 5.41) is 2.95. The van der Waals surface area contributed by atoms with Crippen LogP contribution in [0.15, 0.2) is 24.3 Å². The number of nitrogens with one attached hydrogen (secondary N) is 1. The maximum Gasteiger partial charge on any atom is 0.231 e. The number of carbonyl (C=O) groups is 1. The molecule has 0 unspecified atom stereocenters. The van der Waals surface area contributed by atoms with E-state index >= 15 is 0 Å². The fourth-order valence-electron chi connectivity index (χ4n) is 2.67. The topological polar surface area (TPSA) is 73.6 Å². The first-order valence-corrected chi connectivity index (χ1v) is 7.08. The van der Waals surface area contributed by atoms with Gasteiger partial charge in [-0.25, -0.2) is 0 Å². The molecule has 1 aliphatic heterocycles. The Hall–Kier alpha value is -1.43. The predicted octanol–water partition coefficient (Wildman–Crippen LogP) is 1.80. The number of rotatable bonds is 4. The molecule has 0 bridgehead atoms. The van der Waals surface area contributed by atoms with Crippen molar-refractivity contribution in [3.8, 4) is 0 Å². The first-order chi connectivity index (χ1) is 9.73. The molecular weight excluding hydrogens is 256 g/mol. The number of carbonyl (C=O) groups excluding carboxylic acids is 1. The Morgan fingerprint density at radius 2 is 1.90 bits per heavy atom. The molecule has 2 fully saturated rings. The molecule has 108 valence electrons. The van der Waals surface area contributed by atoms with Gasteiger partial charge >= 0.3 is 0 Å². The second-order valence-corrected chi connectivity index (χ2v) is 5.49. The third kappa shape index (κ3) is 2.44. The molecule has 1 aromatic carbocycles. The van der Waals surface area contributed by atoms with Crippen LogP contribution in [0, 0.1) is 5.41 Å². The van der Waals surface area contributed by atoms with Gasteiger partial charge in [0.1, 0.15) is 0 Å². The number of hydrogen-bond acceptors (Lipinski definition) is 4. The number of nitrogens with two attached hydrogens (primary N) is 1. The van der Waals surface area contributed by atoms with Gasteiger partial charge in [-0.3, -0.25) is 4.79 Å². The van der Waals surface area contributed by atoms with E-state index in [2.05, 4.69) is 5.32 Å². The molecule has 5 heteroatoms. The Labute approximate surface area is 118 Å². The lowest BCUT2D eigenvalue weighted by Gasteiger charge is -2.39. The van der Waals surface area contributed by atoms with Gasteiger partial charge in [-0.05, 0) is 25.0 Å². The van der Waals surface area contributed by atoms with E-state index in [1.54, 1.807) is 0 Å². The van der Waals surface area contributed by atoms with Crippen LogP contribution in [0.4, 0.5) is 5.69 Å². The molecule has 5 nitrogen and oxygen atoms in total. The molecule has 1 heterocycles. The highest BCUT2D eigenvalue weighted by molar-refractivity contribution is 5.96. The van der Waals surface area contributed by atoms with E-state index in [9.17, 15) is 4.79 Å². The summed E-state index contributed by atoms with van der Waals surface area (Å²) in [5.41, 5.74) is 7.14. The molecule has 3 rings (SSSR count). The molecule has 1 aliphatic carbocycles. The molecule has 20 heavy (non-hydrogen) atoms. The minimum Gasteiger partial charge on any atom is -0.346 e. The number of anilines is 1. The Balaban J connectivity index is 1.64. The smallest absolute Gasteiger partial charge is 0.231 e. The van der Waals surface area contributed by atoms with Crippen molar-refractivity contribution in [2.24, 2.45) is 11.1 Å². The second-order valence-electron chi connectivity index (χ2n) is 5.49. The molecule has 0 aromatic heterocycles. The summed E-state index contributed by atoms with van der Waals surface area (Å²) in [5.74, 6) is 0.0346. The van der Waals surface area contributed by atoms with E-state index in [1.165, 1.54) is 0 Å². The van der Waals surface area contributed by atoms with Crippen LogP contribution in [-0.4, -0.2) is 25.7 Å². The monoisotopic (exact) mass is 276 g/mol. The van der Waals surface area contributed by atoms with Crippen LogP contribution in [0.1, 0.15) is 31.1 Å². The number of ether oxygens (including phenoxy) is 2. The fraction of sp³-hybridized carbons (Fsp3) is 0.533. The average molecular weight is 276 g/mol. The third-order valence-electron chi connectivity index (χ3n) is 4.25. The third-order valence-corrected chi connectivity index (χ3v) is 4.25. The largest absolute Gasteiger partial charge is 0.346 e. The van der Waals surface area contributed by atoms with Crippen molar-refractivity contribution in [2.45, 2.75) is 25.6 Å². The molecule has 1 saturated carbocycles. The molecule has 1 saturated heterocycles. The van der Waals surface area contributed by atoms with Crippen LogP contribution >= 0.6 is 0 Å². The van der Waals surface area contributed by atoms with E-state index in [1.807, 2.05) is 24.3 Å². The van der Waals surface area contributed by atoms with Gasteiger partial charge in [0, 0.05) is 17.8 Å². The Morgan fingerprint density at radius 3 is 2.40 bits per heavy atom. The van der Waals surface area contributed by atoms with E-state index < -0.39 is 0 Å². The maximum atomic E-state index is 12.2. The zero-order valence-electron chi connectivity index (χ0n) is 11.4. The van der Waals surface area contributed by atoms with E-state index in [4.69, 9.17) is 15.2 Å². The minimum absolute atomic E-state index is 0.0346. The zero-order chi connectivity index (χ0) is 14.0. The summed E-state index contributed by atoms with van der Waals surface area (Å²) in [6.07, 6.45) is 2.58. The van der Waals surface area contributed by atoms with Crippen molar-refractivity contribution in [1.82, 2.24) is 0 Å². The fourth-order valence-corrected chi connectivity index (χ4v) is 2.67. The van der Waals surface area contributed by atoms with E-state index in [-0.39, 0.29) is 17.6 Å². The predicted molar refractivity (Wildman–Crippen MR) is 75.1 cm³/mol. The molecule has 0 spiro atoms. The van der Waals surface area contributed by atoms with Crippen LogP contribution in [0.25, 0.3) is 0 Å². The highest BCUT2D eigenvalue weighted by Crippen LogP contribution is 2.40. The molecule has 1 amide bonds. The Bertz CT molecular complexity index is 471. The Morgan fingerprint density at radius 1 is 1.25 bits per heavy atom. The maximum absolute atomic E-state index is 12.2. The van der Waals surface area contributed by atoms with Crippen LogP contribution in [0.5, 0.6) is 0 Å². The highest BCUT2D eigenvalue weighted by atomic mass is 16.7. The first kappa shape index (κ1) is 13.5. The Kier molecular flexibility index (Phi) is 3.74. The molecule has 0 atom stereocenters. The van der Waals surface area contributed by atoms with Crippen molar-refractivity contribution in [1.29, 1.82) is 0 Å². The normalized spacial score (nSPS) is 21.4. The molecule has 3 N–H and O–H groups in total. The van der Waals surface area contributed by atoms with Crippen LogP contribution in [0.2, 0.25) is 0 Å². The lowest BCUT2D eigenvalue weighted by Crippen LogP contribution is -2.47. The minimum atomic E-state index is -0.351. The van der Waals surface area contributed by atoms with Crippen molar-refractivity contribution in [2.75, 3.05) is 25.1 Å². The van der Waals surface area contributed by atoms with Crippen molar-refractivity contribution in [3.63, 3.8) is 0 Å². The molecule has 2 aliphatic rings. The SMILES string of the molecule is NCC1(C(=O)Nc2ccc(C3OCCO3)cc2)CCC1. The van der Waals surface area contributed by atoms with Crippen LogP contribution < -0.4 is 11.1 Å². The van der Waals surface area contributed by atoms with E-state index in [0.717, 1.165) is 30.5 Å².